The second-order valence-electron chi connectivity index (χ2n) is 4.72. The Hall–Kier alpha value is -1.26. The van der Waals surface area contributed by atoms with Gasteiger partial charge >= 0.3 is 0 Å². The molecule has 1 aromatic carbocycles. The lowest BCUT2D eigenvalue weighted by molar-refractivity contribution is 0.645. The van der Waals surface area contributed by atoms with Gasteiger partial charge in [-0.3, -0.25) is 4.79 Å². The number of aromatic nitrogens is 1. The van der Waals surface area contributed by atoms with Gasteiger partial charge in [-0.05, 0) is 36.7 Å². The van der Waals surface area contributed by atoms with Crippen LogP contribution in [0.4, 0.5) is 0 Å². The van der Waals surface area contributed by atoms with Crippen molar-refractivity contribution in [1.82, 2.24) is 10.3 Å². The molecule has 1 aromatic heterocycles. The second kappa shape index (κ2) is 6.78. The molecule has 3 nitrogen and oxygen atoms in total. The molecular formula is C15H20N2OS. The number of hydrogen-bond donors (Lipinski definition) is 2. The topological polar surface area (TPSA) is 44.9 Å². The number of aromatic amines is 1. The Morgan fingerprint density at radius 2 is 2.16 bits per heavy atom. The predicted octanol–water partition coefficient (Wildman–Crippen LogP) is 2.76. The first-order valence-electron chi connectivity index (χ1n) is 6.55. The normalized spacial score (nSPS) is 12.7. The summed E-state index contributed by atoms with van der Waals surface area (Å²) in [5.41, 5.74) is 1.70. The summed E-state index contributed by atoms with van der Waals surface area (Å²) in [6, 6.07) is 9.83. The zero-order chi connectivity index (χ0) is 13.7. The van der Waals surface area contributed by atoms with Crippen molar-refractivity contribution in [3.05, 3.63) is 46.2 Å². The smallest absolute Gasteiger partial charge is 0.252 e. The molecule has 1 atom stereocenters. The number of nitrogens with one attached hydrogen (secondary N) is 2. The molecular weight excluding hydrogens is 256 g/mol. The first kappa shape index (κ1) is 14.2. The van der Waals surface area contributed by atoms with E-state index in [1.54, 1.807) is 0 Å². The van der Waals surface area contributed by atoms with Gasteiger partial charge in [-0.15, -0.1) is 0 Å². The van der Waals surface area contributed by atoms with Crippen LogP contribution in [0, 0.1) is 0 Å². The van der Waals surface area contributed by atoms with Gasteiger partial charge in [-0.2, -0.15) is 11.8 Å². The van der Waals surface area contributed by atoms with Crippen LogP contribution in [-0.2, 0) is 6.54 Å². The third kappa shape index (κ3) is 3.85. The highest BCUT2D eigenvalue weighted by atomic mass is 32.2. The second-order valence-corrected chi connectivity index (χ2v) is 6.00. The molecule has 1 unspecified atom stereocenters. The Bertz CT molecular complexity index is 594. The van der Waals surface area contributed by atoms with Crippen molar-refractivity contribution in [2.24, 2.45) is 0 Å². The van der Waals surface area contributed by atoms with Crippen LogP contribution in [-0.4, -0.2) is 23.0 Å². The maximum Gasteiger partial charge on any atom is 0.252 e. The monoisotopic (exact) mass is 276 g/mol. The van der Waals surface area contributed by atoms with Crippen molar-refractivity contribution < 1.29 is 0 Å². The lowest BCUT2D eigenvalue weighted by Gasteiger charge is -2.09. The van der Waals surface area contributed by atoms with Crippen LogP contribution in [0.5, 0.6) is 0 Å². The Morgan fingerprint density at radius 3 is 2.95 bits per heavy atom. The van der Waals surface area contributed by atoms with Crippen molar-refractivity contribution in [3.8, 4) is 0 Å². The average Bonchev–Trinajstić information content (AvgIpc) is 2.43. The fourth-order valence-corrected chi connectivity index (χ4v) is 2.32. The van der Waals surface area contributed by atoms with Crippen molar-refractivity contribution in [3.63, 3.8) is 0 Å². The van der Waals surface area contributed by atoms with Crippen LogP contribution < -0.4 is 10.9 Å². The van der Waals surface area contributed by atoms with E-state index in [1.165, 1.54) is 0 Å². The zero-order valence-corrected chi connectivity index (χ0v) is 12.2. The van der Waals surface area contributed by atoms with Crippen LogP contribution >= 0.6 is 11.8 Å². The average molecular weight is 276 g/mol. The molecule has 2 aromatic rings. The standard InChI is InChI=1S/C15H20N2OS/c1-11(19-2)7-8-16-10-13-9-12-5-3-4-6-14(12)17-15(13)18/h3-6,9,11,16H,7-8,10H2,1-2H3,(H,17,18). The molecule has 4 heteroatoms. The summed E-state index contributed by atoms with van der Waals surface area (Å²) in [6.07, 6.45) is 3.24. The van der Waals surface area contributed by atoms with Crippen LogP contribution in [0.15, 0.2) is 35.1 Å². The molecule has 0 bridgehead atoms. The molecule has 102 valence electrons. The van der Waals surface area contributed by atoms with Gasteiger partial charge in [0.05, 0.1) is 0 Å². The number of para-hydroxylation sites is 1. The predicted molar refractivity (Wildman–Crippen MR) is 83.9 cm³/mol. The van der Waals surface area contributed by atoms with Gasteiger partial charge in [-0.25, -0.2) is 0 Å². The fraction of sp³-hybridized carbons (Fsp3) is 0.400. The maximum atomic E-state index is 11.9. The molecule has 0 spiro atoms. The highest BCUT2D eigenvalue weighted by Gasteiger charge is 2.03. The fourth-order valence-electron chi connectivity index (χ4n) is 1.97. The molecule has 0 aliphatic heterocycles. The Labute approximate surface area is 117 Å². The largest absolute Gasteiger partial charge is 0.322 e. The SMILES string of the molecule is CSC(C)CCNCc1cc2ccccc2[nH]c1=O. The van der Waals surface area contributed by atoms with E-state index < -0.39 is 0 Å². The summed E-state index contributed by atoms with van der Waals surface area (Å²) in [4.78, 5) is 14.8. The number of fused-ring (bicyclic) bond motifs is 1. The summed E-state index contributed by atoms with van der Waals surface area (Å²) in [5.74, 6) is 0. The van der Waals surface area contributed by atoms with Crippen LogP contribution in [0.3, 0.4) is 0 Å². The Kier molecular flexibility index (Phi) is 5.05. The number of hydrogen-bond acceptors (Lipinski definition) is 3. The molecule has 2 N–H and O–H groups in total. The van der Waals surface area contributed by atoms with E-state index in [0.29, 0.717) is 11.8 Å². The molecule has 2 rings (SSSR count). The highest BCUT2D eigenvalue weighted by Crippen LogP contribution is 2.10. The van der Waals surface area contributed by atoms with Gasteiger partial charge in [-0.1, -0.05) is 25.1 Å². The molecule has 0 saturated heterocycles. The van der Waals surface area contributed by atoms with E-state index in [4.69, 9.17) is 0 Å². The summed E-state index contributed by atoms with van der Waals surface area (Å²) in [6.45, 7) is 3.78. The number of pyridine rings is 1. The molecule has 0 fully saturated rings. The number of benzene rings is 1. The first-order valence-corrected chi connectivity index (χ1v) is 7.84. The molecule has 0 aliphatic carbocycles. The summed E-state index contributed by atoms with van der Waals surface area (Å²) >= 11 is 1.87. The van der Waals surface area contributed by atoms with Crippen molar-refractivity contribution in [2.45, 2.75) is 25.1 Å². The quantitative estimate of drug-likeness (QED) is 0.797. The van der Waals surface area contributed by atoms with Crippen molar-refractivity contribution in [2.75, 3.05) is 12.8 Å². The molecule has 0 radical (unpaired) electrons. The van der Waals surface area contributed by atoms with Crippen LogP contribution in [0.1, 0.15) is 18.9 Å². The van der Waals surface area contributed by atoms with E-state index in [2.05, 4.69) is 23.5 Å². The summed E-state index contributed by atoms with van der Waals surface area (Å²) in [5, 5.41) is 5.07. The minimum absolute atomic E-state index is 0.00381. The molecule has 1 heterocycles. The van der Waals surface area contributed by atoms with Gasteiger partial charge in [0.15, 0.2) is 0 Å². The van der Waals surface area contributed by atoms with Crippen LogP contribution in [0.25, 0.3) is 10.9 Å². The Balaban J connectivity index is 2.00. The molecule has 19 heavy (non-hydrogen) atoms. The van der Waals surface area contributed by atoms with E-state index in [0.717, 1.165) is 29.4 Å². The van der Waals surface area contributed by atoms with Gasteiger partial charge in [0, 0.05) is 22.9 Å². The van der Waals surface area contributed by atoms with E-state index in [1.807, 2.05) is 42.1 Å². The lowest BCUT2D eigenvalue weighted by Crippen LogP contribution is -2.23. The molecule has 0 saturated carbocycles. The van der Waals surface area contributed by atoms with Gasteiger partial charge < -0.3 is 10.3 Å². The number of H-pyrrole nitrogens is 1. The minimum Gasteiger partial charge on any atom is -0.322 e. The van der Waals surface area contributed by atoms with Gasteiger partial charge in [0.1, 0.15) is 0 Å². The van der Waals surface area contributed by atoms with E-state index in [9.17, 15) is 4.79 Å². The van der Waals surface area contributed by atoms with E-state index in [-0.39, 0.29) is 5.56 Å². The third-order valence-corrected chi connectivity index (χ3v) is 4.32. The summed E-state index contributed by atoms with van der Waals surface area (Å²) in [7, 11) is 0. The lowest BCUT2D eigenvalue weighted by atomic mass is 10.1. The van der Waals surface area contributed by atoms with Gasteiger partial charge in [0.25, 0.3) is 5.56 Å². The van der Waals surface area contributed by atoms with Crippen LogP contribution in [0.2, 0.25) is 0 Å². The first-order chi connectivity index (χ1) is 9.20. The van der Waals surface area contributed by atoms with Crippen molar-refractivity contribution >= 4 is 22.7 Å². The Morgan fingerprint density at radius 1 is 1.37 bits per heavy atom. The van der Waals surface area contributed by atoms with Gasteiger partial charge in [0.2, 0.25) is 0 Å². The highest BCUT2D eigenvalue weighted by molar-refractivity contribution is 7.99. The zero-order valence-electron chi connectivity index (χ0n) is 11.4. The molecule has 0 amide bonds. The third-order valence-electron chi connectivity index (χ3n) is 3.28. The maximum absolute atomic E-state index is 11.9. The number of thioether (sulfide) groups is 1. The van der Waals surface area contributed by atoms with E-state index >= 15 is 0 Å². The van der Waals surface area contributed by atoms with Crippen molar-refractivity contribution in [1.29, 1.82) is 0 Å². The minimum atomic E-state index is 0.00381. The molecule has 0 aliphatic rings. The summed E-state index contributed by atoms with van der Waals surface area (Å²) < 4.78 is 0. The number of rotatable bonds is 6.